The van der Waals surface area contributed by atoms with E-state index < -0.39 is 75.5 Å². The Hall–Kier alpha value is -3.36. The third-order valence-corrected chi connectivity index (χ3v) is 20.8. The van der Waals surface area contributed by atoms with Crippen LogP contribution in [0.5, 0.6) is 0 Å². The summed E-state index contributed by atoms with van der Waals surface area (Å²) in [6.45, 7) is 3.11. The molecule has 0 spiro atoms. The Bertz CT molecular complexity index is 2690. The summed E-state index contributed by atoms with van der Waals surface area (Å²) in [7, 11) is 0. The number of hydrogen-bond acceptors (Lipinski definition) is 24. The van der Waals surface area contributed by atoms with Gasteiger partial charge in [-0.05, 0) is 77.0 Å². The number of aliphatic hydroxyl groups is 24. The van der Waals surface area contributed by atoms with Gasteiger partial charge in [-0.15, -0.1) is 25.7 Å². The summed E-state index contributed by atoms with van der Waals surface area (Å²) in [6, 6.07) is 51.9. The maximum Gasteiger partial charge on any atom is 0.178 e. The zero-order chi connectivity index (χ0) is 88.8. The monoisotopic (exact) mass is 2050 g/mol. The second-order valence-corrected chi connectivity index (χ2v) is 30.4. The summed E-state index contributed by atoms with van der Waals surface area (Å²) < 4.78 is 0. The molecule has 7 fully saturated rings. The minimum Gasteiger partial charge on any atom is -0.687 e. The summed E-state index contributed by atoms with van der Waals surface area (Å²) in [5.41, 5.74) is 3.15. The normalized spacial score (nSPS) is 15.9. The molecule has 0 bridgehead atoms. The fourth-order valence-electron chi connectivity index (χ4n) is 13.5. The van der Waals surface area contributed by atoms with Gasteiger partial charge in [0.15, 0.2) is 75.5 Å². The van der Waals surface area contributed by atoms with E-state index in [0.29, 0.717) is 33.4 Å². The molecule has 0 amide bonds. The Labute approximate surface area is 822 Å². The van der Waals surface area contributed by atoms with Gasteiger partial charge in [-0.3, -0.25) is 0 Å². The van der Waals surface area contributed by atoms with E-state index in [1.807, 2.05) is 54.6 Å². The summed E-state index contributed by atoms with van der Waals surface area (Å²) in [5, 5.41) is 216. The molecule has 14 rings (SSSR count). The van der Waals surface area contributed by atoms with Crippen molar-refractivity contribution < 1.29 is 236 Å². The van der Waals surface area contributed by atoms with Gasteiger partial charge in [0.05, 0.1) is 0 Å². The predicted molar refractivity (Wildman–Crippen MR) is 471 cm³/mol. The Morgan fingerprint density at radius 1 is 0.195 bits per heavy atom. The molecule has 2 heterocycles. The zero-order valence-electron chi connectivity index (χ0n) is 73.4. The van der Waals surface area contributed by atoms with E-state index in [1.165, 1.54) is 135 Å². The van der Waals surface area contributed by atoms with Crippen LogP contribution in [0.15, 0.2) is 206 Å². The standard InChI is InChI=1S/6C7H14O2.6C7H8O2.C5H10N.C5H6N.6Mn.2H2O/c12*8-7(9)6-4-2-1-3-5-6;2*1-2-4-6-5-3-1;;;;;;;;/h6*6-9H,1-5H2;6*1-5,7-9H;1-5H2;1-4H,5H2;;;;;;;2*1H2/q;;;;;;;;;;;;2*-1;;;;;;;;. The molecule has 0 atom stereocenters. The number of hydrogen-bond donors (Lipinski definition) is 24. The number of benzene rings is 6. The van der Waals surface area contributed by atoms with E-state index in [-0.39, 0.29) is 149 Å². The molecule has 738 valence electrons. The SMILES string of the molecule is C1=CC[N-]C=C1.C1CC[N-]CC1.O.O.OC(O)C1CCCCC1.OC(O)C1CCCCC1.OC(O)C1CCCCC1.OC(O)C1CCCCC1.OC(O)C1CCCCC1.OC(O)C1CCCCC1.OC(O)c1ccccc1.OC(O)c1ccccc1.OC(O)c1ccccc1.OC(O)c1ccccc1.OC(O)c1ccccc1.OC(O)c1ccccc1.[Mn].[Mn].[Mn].[Mn].[Mn].[Mn]. The molecule has 8 aliphatic rings. The molecule has 1 saturated heterocycles. The van der Waals surface area contributed by atoms with Crippen LogP contribution in [0.2, 0.25) is 0 Å². The van der Waals surface area contributed by atoms with Gasteiger partial charge < -0.3 is 144 Å². The third-order valence-electron chi connectivity index (χ3n) is 20.8. The maximum atomic E-state index is 8.73. The van der Waals surface area contributed by atoms with Gasteiger partial charge in [0.1, 0.15) is 0 Å². The fourth-order valence-corrected chi connectivity index (χ4v) is 13.5. The second kappa shape index (κ2) is 94.0. The van der Waals surface area contributed by atoms with Crippen LogP contribution in [0.1, 0.15) is 283 Å². The van der Waals surface area contributed by atoms with Crippen LogP contribution >= 0.6 is 0 Å². The molecule has 0 unspecified atom stereocenters. The van der Waals surface area contributed by atoms with E-state index >= 15 is 0 Å². The van der Waals surface area contributed by atoms with Gasteiger partial charge in [-0.2, -0.15) is 6.20 Å². The van der Waals surface area contributed by atoms with Crippen molar-refractivity contribution in [3.8, 4) is 0 Å². The molecule has 128 heavy (non-hydrogen) atoms. The summed E-state index contributed by atoms with van der Waals surface area (Å²) in [4.78, 5) is 0. The summed E-state index contributed by atoms with van der Waals surface area (Å²) >= 11 is 0. The number of aliphatic hydroxyl groups excluding tert-OH is 12. The van der Waals surface area contributed by atoms with Crippen LogP contribution in [0.25, 0.3) is 10.6 Å². The smallest absolute Gasteiger partial charge is 0.178 e. The average molecular weight is 2060 g/mol. The zero-order valence-corrected chi connectivity index (χ0v) is 80.5. The first-order chi connectivity index (χ1) is 57.7. The molecule has 34 heteroatoms. The Balaban J connectivity index is -0.000000201. The Morgan fingerprint density at radius 3 is 0.406 bits per heavy atom. The first-order valence-electron chi connectivity index (χ1n) is 42.9. The van der Waals surface area contributed by atoms with Crippen molar-refractivity contribution in [3.05, 3.63) is 250 Å². The van der Waals surface area contributed by atoms with Gasteiger partial charge in [-0.1, -0.05) is 329 Å². The molecule has 6 aromatic rings. The van der Waals surface area contributed by atoms with E-state index in [1.54, 1.807) is 152 Å². The first-order valence-corrected chi connectivity index (χ1v) is 42.9. The van der Waals surface area contributed by atoms with Crippen molar-refractivity contribution in [2.24, 2.45) is 35.5 Å². The number of piperidine rings is 1. The number of allylic oxidation sites excluding steroid dienone is 2. The minimum atomic E-state index is -1.34. The van der Waals surface area contributed by atoms with Crippen molar-refractivity contribution in [2.45, 2.75) is 287 Å². The van der Waals surface area contributed by atoms with E-state index in [4.69, 9.17) is 123 Å². The van der Waals surface area contributed by atoms with Crippen LogP contribution < -0.4 is 0 Å². The minimum absolute atomic E-state index is 0. The molecular weight excluding hydrogens is 1900 g/mol. The van der Waals surface area contributed by atoms with Crippen LogP contribution in [0, 0.1) is 35.5 Å². The maximum absolute atomic E-state index is 8.73. The van der Waals surface area contributed by atoms with E-state index in [2.05, 4.69) is 10.6 Å². The van der Waals surface area contributed by atoms with E-state index in [0.717, 1.165) is 96.7 Å². The quantitative estimate of drug-likeness (QED) is 0.0400. The van der Waals surface area contributed by atoms with Crippen molar-refractivity contribution in [2.75, 3.05) is 19.6 Å². The largest absolute Gasteiger partial charge is 0.687 e. The molecule has 2 aliphatic heterocycles. The number of nitrogens with zero attached hydrogens (tertiary/aromatic N) is 2. The van der Waals surface area contributed by atoms with Gasteiger partial charge in [0.25, 0.3) is 0 Å². The molecule has 28 nitrogen and oxygen atoms in total. The van der Waals surface area contributed by atoms with Crippen LogP contribution in [0.4, 0.5) is 0 Å². The van der Waals surface area contributed by atoms with Crippen molar-refractivity contribution >= 4 is 0 Å². The Kier molecular flexibility index (Phi) is 103. The molecule has 0 aromatic heterocycles. The fraction of sp³-hybridized carbons (Fsp3) is 0.574. The van der Waals surface area contributed by atoms with Crippen LogP contribution in [-0.4, -0.2) is 191 Å². The van der Waals surface area contributed by atoms with Crippen molar-refractivity contribution in [1.29, 1.82) is 0 Å². The second-order valence-electron chi connectivity index (χ2n) is 30.4. The average Bonchev–Trinajstić information content (AvgIpc) is 1.02. The molecular formula is C94H152Mn6N2O26-2. The van der Waals surface area contributed by atoms with E-state index in [9.17, 15) is 0 Å². The summed E-state index contributed by atoms with van der Waals surface area (Å²) in [6.07, 6.45) is 31.0. The molecule has 6 saturated carbocycles. The van der Waals surface area contributed by atoms with Crippen molar-refractivity contribution in [3.63, 3.8) is 0 Å². The topological polar surface area (TPSA) is 577 Å². The van der Waals surface area contributed by atoms with Crippen molar-refractivity contribution in [1.82, 2.24) is 0 Å². The van der Waals surface area contributed by atoms with Gasteiger partial charge >= 0.3 is 0 Å². The molecule has 6 aliphatic carbocycles. The Morgan fingerprint density at radius 2 is 0.344 bits per heavy atom. The van der Waals surface area contributed by atoms with Crippen LogP contribution in [-0.2, 0) is 102 Å². The molecule has 6 radical (unpaired) electrons. The van der Waals surface area contributed by atoms with Crippen LogP contribution in [0.3, 0.4) is 0 Å². The first kappa shape index (κ1) is 140. The van der Waals surface area contributed by atoms with Gasteiger partial charge in [-0.25, -0.2) is 0 Å². The number of rotatable bonds is 12. The van der Waals surface area contributed by atoms with Gasteiger partial charge in [0.2, 0.25) is 0 Å². The molecule has 6 aromatic carbocycles. The molecule has 28 N–H and O–H groups in total. The third kappa shape index (κ3) is 77.9. The predicted octanol–water partition coefficient (Wildman–Crippen LogP) is 10.6. The van der Waals surface area contributed by atoms with Gasteiger partial charge in [0, 0.05) is 171 Å². The summed E-state index contributed by atoms with van der Waals surface area (Å²) in [5.74, 6) is 0.993.